The summed E-state index contributed by atoms with van der Waals surface area (Å²) in [6, 6.07) is 19.2. The maximum atomic E-state index is 13.6. The largest absolute Gasteiger partial charge is 0.496 e. The molecule has 3 aromatic carbocycles. The highest BCUT2D eigenvalue weighted by Gasteiger charge is 2.28. The minimum Gasteiger partial charge on any atom is -0.496 e. The van der Waals surface area contributed by atoms with Crippen molar-refractivity contribution in [1.29, 1.82) is 0 Å². The predicted molar refractivity (Wildman–Crippen MR) is 136 cm³/mol. The zero-order valence-corrected chi connectivity index (χ0v) is 21.1. The molecule has 0 saturated carbocycles. The van der Waals surface area contributed by atoms with E-state index in [1.54, 1.807) is 49.4 Å². The van der Waals surface area contributed by atoms with Crippen LogP contribution in [-0.4, -0.2) is 28.0 Å². The van der Waals surface area contributed by atoms with Gasteiger partial charge < -0.3 is 10.1 Å². The maximum absolute atomic E-state index is 13.6. The van der Waals surface area contributed by atoms with Gasteiger partial charge in [-0.1, -0.05) is 43.3 Å². The molecule has 1 amide bonds. The molecule has 1 atom stereocenters. The summed E-state index contributed by atoms with van der Waals surface area (Å²) in [5.74, 6) is 0.227. The van der Waals surface area contributed by atoms with Crippen molar-refractivity contribution in [2.75, 3.05) is 18.0 Å². The molecule has 0 fully saturated rings. The predicted octanol–water partition coefficient (Wildman–Crippen LogP) is 5.08. The minimum atomic E-state index is -4.00. The molecule has 180 valence electrons. The standard InChI is InChI=1S/C27H32N2O4S/c1-6-25(22-13-12-19(2)20(3)16-22)28-27(30)18-29(23-10-8-7-9-11-23)34(31,32)24-14-15-26(33-5)21(4)17-24/h7-17,25H,6,18H2,1-5H3,(H,28,30). The van der Waals surface area contributed by atoms with Crippen LogP contribution >= 0.6 is 0 Å². The van der Waals surface area contributed by atoms with Gasteiger partial charge in [0.05, 0.1) is 23.7 Å². The second-order valence-corrected chi connectivity index (χ2v) is 10.2. The van der Waals surface area contributed by atoms with Gasteiger partial charge in [-0.2, -0.15) is 0 Å². The quantitative estimate of drug-likeness (QED) is 0.463. The van der Waals surface area contributed by atoms with Gasteiger partial charge >= 0.3 is 0 Å². The first-order chi connectivity index (χ1) is 16.2. The Morgan fingerprint density at radius 3 is 2.24 bits per heavy atom. The molecular formula is C27H32N2O4S. The summed E-state index contributed by atoms with van der Waals surface area (Å²) in [5.41, 5.74) is 4.45. The number of carbonyl (C=O) groups excluding carboxylic acids is 1. The number of amides is 1. The first-order valence-corrected chi connectivity index (χ1v) is 12.7. The van der Waals surface area contributed by atoms with Crippen molar-refractivity contribution >= 4 is 21.6 Å². The topological polar surface area (TPSA) is 75.7 Å². The molecule has 34 heavy (non-hydrogen) atoms. The number of para-hydroxylation sites is 1. The maximum Gasteiger partial charge on any atom is 0.264 e. The summed E-state index contributed by atoms with van der Waals surface area (Å²) in [7, 11) is -2.46. The zero-order valence-electron chi connectivity index (χ0n) is 20.3. The van der Waals surface area contributed by atoms with Crippen LogP contribution in [0.2, 0.25) is 0 Å². The van der Waals surface area contributed by atoms with Crippen LogP contribution in [0.3, 0.4) is 0 Å². The molecule has 0 radical (unpaired) electrons. The van der Waals surface area contributed by atoms with Crippen molar-refractivity contribution in [3.8, 4) is 5.75 Å². The average molecular weight is 481 g/mol. The molecule has 0 bridgehead atoms. The van der Waals surface area contributed by atoms with Gasteiger partial charge in [0.25, 0.3) is 10.0 Å². The van der Waals surface area contributed by atoms with Crippen LogP contribution in [0.25, 0.3) is 0 Å². The molecule has 3 aromatic rings. The molecule has 0 saturated heterocycles. The summed E-state index contributed by atoms with van der Waals surface area (Å²) in [6.07, 6.45) is 0.685. The Hall–Kier alpha value is -3.32. The highest BCUT2D eigenvalue weighted by Crippen LogP contribution is 2.27. The fourth-order valence-electron chi connectivity index (χ4n) is 3.82. The van der Waals surface area contributed by atoms with Crippen molar-refractivity contribution in [1.82, 2.24) is 5.32 Å². The van der Waals surface area contributed by atoms with Gasteiger partial charge in [0.2, 0.25) is 5.91 Å². The number of nitrogens with zero attached hydrogens (tertiary/aromatic N) is 1. The number of anilines is 1. The molecule has 1 N–H and O–H groups in total. The molecular weight excluding hydrogens is 448 g/mol. The number of benzene rings is 3. The third-order valence-electron chi connectivity index (χ3n) is 5.96. The lowest BCUT2D eigenvalue weighted by atomic mass is 9.99. The van der Waals surface area contributed by atoms with E-state index in [0.29, 0.717) is 23.4 Å². The normalized spacial score (nSPS) is 12.1. The molecule has 0 aromatic heterocycles. The lowest BCUT2D eigenvalue weighted by Crippen LogP contribution is -2.42. The molecule has 6 nitrogen and oxygen atoms in total. The molecule has 0 aliphatic heterocycles. The van der Waals surface area contributed by atoms with Crippen LogP contribution < -0.4 is 14.4 Å². The van der Waals surface area contributed by atoms with Crippen molar-refractivity contribution in [3.05, 3.63) is 89.0 Å². The fraction of sp³-hybridized carbons (Fsp3) is 0.296. The van der Waals surface area contributed by atoms with E-state index in [9.17, 15) is 13.2 Å². The van der Waals surface area contributed by atoms with E-state index in [1.807, 2.05) is 32.9 Å². The van der Waals surface area contributed by atoms with Gasteiger partial charge in [-0.15, -0.1) is 0 Å². The number of carbonyl (C=O) groups is 1. The van der Waals surface area contributed by atoms with Gasteiger partial charge in [-0.05, 0) is 79.8 Å². The Kier molecular flexibility index (Phi) is 7.99. The number of methoxy groups -OCH3 is 1. The Bertz CT molecular complexity index is 1260. The second kappa shape index (κ2) is 10.7. The van der Waals surface area contributed by atoms with E-state index in [0.717, 1.165) is 15.4 Å². The van der Waals surface area contributed by atoms with E-state index in [4.69, 9.17) is 4.74 Å². The summed E-state index contributed by atoms with van der Waals surface area (Å²) < 4.78 is 33.7. The van der Waals surface area contributed by atoms with Crippen LogP contribution in [0.5, 0.6) is 5.75 Å². The molecule has 0 aliphatic rings. The molecule has 0 spiro atoms. The Morgan fingerprint density at radius 1 is 0.941 bits per heavy atom. The lowest BCUT2D eigenvalue weighted by Gasteiger charge is -2.26. The number of hydrogen-bond donors (Lipinski definition) is 1. The smallest absolute Gasteiger partial charge is 0.264 e. The minimum absolute atomic E-state index is 0.101. The highest BCUT2D eigenvalue weighted by atomic mass is 32.2. The Labute approximate surface area is 202 Å². The van der Waals surface area contributed by atoms with Crippen LogP contribution in [0.1, 0.15) is 41.6 Å². The van der Waals surface area contributed by atoms with Gasteiger partial charge in [-0.3, -0.25) is 9.10 Å². The fourth-order valence-corrected chi connectivity index (χ4v) is 5.33. The zero-order chi connectivity index (χ0) is 24.9. The number of aryl methyl sites for hydroxylation is 3. The summed E-state index contributed by atoms with van der Waals surface area (Å²) in [5, 5.41) is 3.02. The summed E-state index contributed by atoms with van der Waals surface area (Å²) in [4.78, 5) is 13.2. The van der Waals surface area contributed by atoms with Gasteiger partial charge in [0, 0.05) is 0 Å². The number of rotatable bonds is 9. The molecule has 0 aliphatic carbocycles. The number of nitrogens with one attached hydrogen (secondary N) is 1. The average Bonchev–Trinajstić information content (AvgIpc) is 2.83. The molecule has 3 rings (SSSR count). The number of sulfonamides is 1. The Balaban J connectivity index is 1.91. The number of hydrogen-bond acceptors (Lipinski definition) is 4. The molecule has 0 heterocycles. The third-order valence-corrected chi connectivity index (χ3v) is 7.73. The van der Waals surface area contributed by atoms with Crippen LogP contribution in [0, 0.1) is 20.8 Å². The van der Waals surface area contributed by atoms with Gasteiger partial charge in [0.1, 0.15) is 12.3 Å². The summed E-state index contributed by atoms with van der Waals surface area (Å²) >= 11 is 0. The van der Waals surface area contributed by atoms with E-state index < -0.39 is 10.0 Å². The van der Waals surface area contributed by atoms with Crippen molar-refractivity contribution < 1.29 is 17.9 Å². The monoisotopic (exact) mass is 480 g/mol. The highest BCUT2D eigenvalue weighted by molar-refractivity contribution is 7.92. The van der Waals surface area contributed by atoms with E-state index in [-0.39, 0.29) is 23.4 Å². The number of ether oxygens (including phenoxy) is 1. The molecule has 1 unspecified atom stereocenters. The van der Waals surface area contributed by atoms with E-state index in [1.165, 1.54) is 18.7 Å². The van der Waals surface area contributed by atoms with E-state index in [2.05, 4.69) is 11.4 Å². The van der Waals surface area contributed by atoms with Crippen molar-refractivity contribution in [3.63, 3.8) is 0 Å². The van der Waals surface area contributed by atoms with Gasteiger partial charge in [-0.25, -0.2) is 8.42 Å². The lowest BCUT2D eigenvalue weighted by molar-refractivity contribution is -0.120. The van der Waals surface area contributed by atoms with Gasteiger partial charge in [0.15, 0.2) is 0 Å². The first kappa shape index (κ1) is 25.3. The summed E-state index contributed by atoms with van der Waals surface area (Å²) in [6.45, 7) is 7.52. The van der Waals surface area contributed by atoms with E-state index >= 15 is 0 Å². The SMILES string of the molecule is CCC(NC(=O)CN(c1ccccc1)S(=O)(=O)c1ccc(OC)c(C)c1)c1ccc(C)c(C)c1. The van der Waals surface area contributed by atoms with Crippen LogP contribution in [0.4, 0.5) is 5.69 Å². The van der Waals surface area contributed by atoms with Crippen molar-refractivity contribution in [2.45, 2.75) is 45.1 Å². The Morgan fingerprint density at radius 2 is 1.65 bits per heavy atom. The molecule has 7 heteroatoms. The van der Waals surface area contributed by atoms with Crippen LogP contribution in [0.15, 0.2) is 71.6 Å². The van der Waals surface area contributed by atoms with Crippen molar-refractivity contribution in [2.24, 2.45) is 0 Å². The van der Waals surface area contributed by atoms with Crippen LogP contribution in [-0.2, 0) is 14.8 Å². The third kappa shape index (κ3) is 5.59. The second-order valence-electron chi connectivity index (χ2n) is 8.35. The first-order valence-electron chi connectivity index (χ1n) is 11.3.